The fourth-order valence-corrected chi connectivity index (χ4v) is 1.51. The highest BCUT2D eigenvalue weighted by atomic mass is 35.5. The number of alkyl halides is 1. The van der Waals surface area contributed by atoms with Crippen LogP contribution in [-0.2, 0) is 0 Å². The van der Waals surface area contributed by atoms with Crippen LogP contribution in [-0.4, -0.2) is 22.4 Å². The maximum absolute atomic E-state index is 5.65. The number of hydrogen-bond donors (Lipinski definition) is 1. The number of halogens is 1. The summed E-state index contributed by atoms with van der Waals surface area (Å²) in [4.78, 5) is 8.36. The molecule has 0 aliphatic carbocycles. The molecule has 1 unspecified atom stereocenters. The van der Waals surface area contributed by atoms with E-state index in [9.17, 15) is 0 Å². The molecule has 0 aromatic carbocycles. The highest BCUT2D eigenvalue weighted by molar-refractivity contribution is 6.17. The molecule has 0 saturated heterocycles. The van der Waals surface area contributed by atoms with Crippen LogP contribution >= 0.6 is 11.6 Å². The van der Waals surface area contributed by atoms with Gasteiger partial charge < -0.3 is 5.32 Å². The van der Waals surface area contributed by atoms with E-state index in [0.717, 1.165) is 24.5 Å². The van der Waals surface area contributed by atoms with Gasteiger partial charge in [-0.1, -0.05) is 6.92 Å². The molecule has 1 N–H and O–H groups in total. The third-order valence-electron chi connectivity index (χ3n) is 2.10. The van der Waals surface area contributed by atoms with Gasteiger partial charge in [-0.2, -0.15) is 0 Å². The van der Waals surface area contributed by atoms with Gasteiger partial charge in [-0.25, -0.2) is 4.98 Å². The summed E-state index contributed by atoms with van der Waals surface area (Å²) in [5, 5.41) is 3.27. The van der Waals surface area contributed by atoms with E-state index in [1.165, 1.54) is 0 Å². The standard InChI is InChI=1S/C10H16ClN3/c1-8(3-4-11)7-14-10-9(2)12-5-6-13-10/h5-6,8H,3-4,7H2,1-2H3,(H,13,14). The Hall–Kier alpha value is -0.830. The van der Waals surface area contributed by atoms with Crippen molar-refractivity contribution in [2.75, 3.05) is 17.7 Å². The molecular formula is C10H16ClN3. The first kappa shape index (κ1) is 11.2. The van der Waals surface area contributed by atoms with Gasteiger partial charge in [0, 0.05) is 24.8 Å². The van der Waals surface area contributed by atoms with E-state index >= 15 is 0 Å². The molecule has 0 saturated carbocycles. The van der Waals surface area contributed by atoms with Crippen molar-refractivity contribution in [3.63, 3.8) is 0 Å². The van der Waals surface area contributed by atoms with Gasteiger partial charge in [0.05, 0.1) is 5.69 Å². The average Bonchev–Trinajstić information content (AvgIpc) is 2.17. The van der Waals surface area contributed by atoms with Crippen LogP contribution in [0.1, 0.15) is 19.0 Å². The Morgan fingerprint density at radius 3 is 2.79 bits per heavy atom. The Kier molecular flexibility index (Phi) is 4.66. The molecule has 1 aromatic heterocycles. The molecule has 0 amide bonds. The Balaban J connectivity index is 2.41. The quantitative estimate of drug-likeness (QED) is 0.764. The van der Waals surface area contributed by atoms with Crippen LogP contribution in [0.4, 0.5) is 5.82 Å². The molecule has 0 radical (unpaired) electrons. The van der Waals surface area contributed by atoms with Crippen molar-refractivity contribution in [2.45, 2.75) is 20.3 Å². The van der Waals surface area contributed by atoms with E-state index in [-0.39, 0.29) is 0 Å². The number of hydrogen-bond acceptors (Lipinski definition) is 3. The van der Waals surface area contributed by atoms with Crippen molar-refractivity contribution in [1.82, 2.24) is 9.97 Å². The highest BCUT2D eigenvalue weighted by Gasteiger charge is 2.03. The summed E-state index contributed by atoms with van der Waals surface area (Å²) < 4.78 is 0. The lowest BCUT2D eigenvalue weighted by Gasteiger charge is -2.12. The van der Waals surface area contributed by atoms with Gasteiger partial charge >= 0.3 is 0 Å². The summed E-state index contributed by atoms with van der Waals surface area (Å²) >= 11 is 5.65. The van der Waals surface area contributed by atoms with Crippen molar-refractivity contribution in [2.24, 2.45) is 5.92 Å². The lowest BCUT2D eigenvalue weighted by Crippen LogP contribution is -2.13. The molecule has 78 valence electrons. The highest BCUT2D eigenvalue weighted by Crippen LogP contribution is 2.09. The topological polar surface area (TPSA) is 37.8 Å². The second-order valence-electron chi connectivity index (χ2n) is 3.45. The van der Waals surface area contributed by atoms with E-state index < -0.39 is 0 Å². The fourth-order valence-electron chi connectivity index (χ4n) is 1.14. The van der Waals surface area contributed by atoms with Crippen LogP contribution in [0.15, 0.2) is 12.4 Å². The number of aromatic nitrogens is 2. The molecule has 0 fully saturated rings. The summed E-state index contributed by atoms with van der Waals surface area (Å²) in [7, 11) is 0. The summed E-state index contributed by atoms with van der Waals surface area (Å²) in [5.74, 6) is 2.14. The van der Waals surface area contributed by atoms with E-state index in [2.05, 4.69) is 22.2 Å². The Labute approximate surface area is 89.9 Å². The zero-order chi connectivity index (χ0) is 10.4. The second-order valence-corrected chi connectivity index (χ2v) is 3.83. The van der Waals surface area contributed by atoms with Gasteiger partial charge in [-0.15, -0.1) is 11.6 Å². The molecule has 14 heavy (non-hydrogen) atoms. The predicted molar refractivity (Wildman–Crippen MR) is 59.8 cm³/mol. The van der Waals surface area contributed by atoms with Crippen LogP contribution in [0.3, 0.4) is 0 Å². The first-order valence-electron chi connectivity index (χ1n) is 4.81. The molecule has 0 aliphatic rings. The zero-order valence-corrected chi connectivity index (χ0v) is 9.38. The number of rotatable bonds is 5. The summed E-state index contributed by atoms with van der Waals surface area (Å²) in [6.45, 7) is 5.01. The average molecular weight is 214 g/mol. The summed E-state index contributed by atoms with van der Waals surface area (Å²) in [6, 6.07) is 0. The van der Waals surface area contributed by atoms with Crippen LogP contribution < -0.4 is 5.32 Å². The second kappa shape index (κ2) is 5.81. The molecule has 1 aromatic rings. The minimum Gasteiger partial charge on any atom is -0.368 e. The lowest BCUT2D eigenvalue weighted by atomic mass is 10.1. The summed E-state index contributed by atoms with van der Waals surface area (Å²) in [5.41, 5.74) is 0.936. The number of anilines is 1. The lowest BCUT2D eigenvalue weighted by molar-refractivity contribution is 0.595. The zero-order valence-electron chi connectivity index (χ0n) is 8.63. The molecule has 1 rings (SSSR count). The van der Waals surface area contributed by atoms with Crippen LogP contribution in [0.2, 0.25) is 0 Å². The SMILES string of the molecule is Cc1nccnc1NCC(C)CCCl. The van der Waals surface area contributed by atoms with Crippen LogP contribution in [0.5, 0.6) is 0 Å². The van der Waals surface area contributed by atoms with Crippen LogP contribution in [0.25, 0.3) is 0 Å². The molecular weight excluding hydrogens is 198 g/mol. The Morgan fingerprint density at radius 1 is 1.43 bits per heavy atom. The number of nitrogens with one attached hydrogen (secondary N) is 1. The molecule has 0 bridgehead atoms. The predicted octanol–water partition coefficient (Wildman–Crippen LogP) is 2.46. The van der Waals surface area contributed by atoms with Gasteiger partial charge in [-0.05, 0) is 19.3 Å². The maximum Gasteiger partial charge on any atom is 0.147 e. The largest absolute Gasteiger partial charge is 0.368 e. The van der Waals surface area contributed by atoms with E-state index in [4.69, 9.17) is 11.6 Å². The molecule has 0 aliphatic heterocycles. The fraction of sp³-hybridized carbons (Fsp3) is 0.600. The van der Waals surface area contributed by atoms with Gasteiger partial charge in [0.15, 0.2) is 0 Å². The first-order chi connectivity index (χ1) is 6.74. The summed E-state index contributed by atoms with van der Waals surface area (Å²) in [6.07, 6.45) is 4.41. The van der Waals surface area contributed by atoms with Crippen molar-refractivity contribution >= 4 is 17.4 Å². The van der Waals surface area contributed by atoms with E-state index in [1.54, 1.807) is 12.4 Å². The molecule has 0 spiro atoms. The third kappa shape index (κ3) is 3.50. The number of nitrogens with zero attached hydrogens (tertiary/aromatic N) is 2. The molecule has 4 heteroatoms. The Bertz CT molecular complexity index is 278. The van der Waals surface area contributed by atoms with Gasteiger partial charge in [0.2, 0.25) is 0 Å². The van der Waals surface area contributed by atoms with Crippen molar-refractivity contribution < 1.29 is 0 Å². The van der Waals surface area contributed by atoms with E-state index in [1.807, 2.05) is 6.92 Å². The maximum atomic E-state index is 5.65. The monoisotopic (exact) mass is 213 g/mol. The smallest absolute Gasteiger partial charge is 0.147 e. The van der Waals surface area contributed by atoms with E-state index in [0.29, 0.717) is 11.8 Å². The van der Waals surface area contributed by atoms with Crippen molar-refractivity contribution in [1.29, 1.82) is 0 Å². The minimum absolute atomic E-state index is 0.564. The normalized spacial score (nSPS) is 12.5. The minimum atomic E-state index is 0.564. The first-order valence-corrected chi connectivity index (χ1v) is 5.35. The van der Waals surface area contributed by atoms with Crippen molar-refractivity contribution in [3.8, 4) is 0 Å². The molecule has 3 nitrogen and oxygen atoms in total. The van der Waals surface area contributed by atoms with Gasteiger partial charge in [0.25, 0.3) is 0 Å². The van der Waals surface area contributed by atoms with Crippen molar-refractivity contribution in [3.05, 3.63) is 18.1 Å². The molecule has 1 atom stereocenters. The van der Waals surface area contributed by atoms with Gasteiger partial charge in [-0.3, -0.25) is 4.98 Å². The number of aryl methyl sites for hydroxylation is 1. The third-order valence-corrected chi connectivity index (χ3v) is 2.32. The van der Waals surface area contributed by atoms with Crippen LogP contribution in [0, 0.1) is 12.8 Å². The van der Waals surface area contributed by atoms with Gasteiger partial charge in [0.1, 0.15) is 5.82 Å². The molecule has 1 heterocycles. The Morgan fingerprint density at radius 2 is 2.14 bits per heavy atom.